The van der Waals surface area contributed by atoms with Crippen molar-refractivity contribution in [2.24, 2.45) is 0 Å². The molecule has 0 spiro atoms. The Morgan fingerprint density at radius 2 is 1.85 bits per heavy atom. The largest absolute Gasteiger partial charge is 0.434 e. The summed E-state index contributed by atoms with van der Waals surface area (Å²) in [6.07, 6.45) is 0.931. The van der Waals surface area contributed by atoms with Crippen LogP contribution in [0.15, 0.2) is 30.6 Å². The van der Waals surface area contributed by atoms with E-state index in [0.717, 1.165) is 6.33 Å². The van der Waals surface area contributed by atoms with Crippen molar-refractivity contribution < 1.29 is 23.2 Å². The summed E-state index contributed by atoms with van der Waals surface area (Å²) in [5.41, 5.74) is -0.0679. The van der Waals surface area contributed by atoms with Crippen LogP contribution in [0, 0.1) is 10.1 Å². The number of anilines is 1. The molecule has 0 unspecified atom stereocenters. The highest BCUT2D eigenvalue weighted by atomic mass is 19.3. The van der Waals surface area contributed by atoms with Crippen LogP contribution in [0.3, 0.4) is 0 Å². The first-order chi connectivity index (χ1) is 12.4. The monoisotopic (exact) mass is 364 g/mol. The van der Waals surface area contributed by atoms with Crippen LogP contribution in [0.5, 0.6) is 11.6 Å². The van der Waals surface area contributed by atoms with Gasteiger partial charge < -0.3 is 9.64 Å². The van der Waals surface area contributed by atoms with E-state index < -0.39 is 29.4 Å². The molecule has 3 rings (SSSR count). The average molecular weight is 364 g/mol. The first kappa shape index (κ1) is 17.6. The second kappa shape index (κ2) is 6.98. The average Bonchev–Trinajstić information content (AvgIpc) is 2.62. The minimum absolute atomic E-state index is 0.0555. The Morgan fingerprint density at radius 3 is 2.42 bits per heavy atom. The predicted molar refractivity (Wildman–Crippen MR) is 87.0 cm³/mol. The number of benzene rings is 1. The minimum atomic E-state index is -2.78. The van der Waals surface area contributed by atoms with E-state index in [1.165, 1.54) is 29.2 Å². The molecule has 2 heterocycles. The first-order valence-electron chi connectivity index (χ1n) is 7.75. The van der Waals surface area contributed by atoms with Crippen LogP contribution in [-0.2, 0) is 0 Å². The maximum atomic E-state index is 13.3. The van der Waals surface area contributed by atoms with Gasteiger partial charge in [-0.05, 0) is 24.3 Å². The first-order valence-corrected chi connectivity index (χ1v) is 7.75. The summed E-state index contributed by atoms with van der Waals surface area (Å²) in [5.74, 6) is -2.89. The van der Waals surface area contributed by atoms with E-state index in [1.54, 1.807) is 0 Å². The predicted octanol–water partition coefficient (Wildman–Crippen LogP) is 3.23. The van der Waals surface area contributed by atoms with Crippen molar-refractivity contribution in [1.29, 1.82) is 0 Å². The number of halogens is 2. The van der Waals surface area contributed by atoms with Gasteiger partial charge in [-0.2, -0.15) is 4.98 Å². The van der Waals surface area contributed by atoms with Gasteiger partial charge in [0.05, 0.1) is 4.92 Å². The Morgan fingerprint density at radius 1 is 1.19 bits per heavy atom. The third-order valence-corrected chi connectivity index (χ3v) is 3.98. The zero-order valence-corrected chi connectivity index (χ0v) is 13.5. The van der Waals surface area contributed by atoms with Crippen molar-refractivity contribution in [3.8, 4) is 11.6 Å². The Balaban J connectivity index is 1.91. The molecule has 136 valence electrons. The number of carbonyl (C=O) groups is 1. The topological polar surface area (TPSA) is 98.5 Å². The zero-order chi connectivity index (χ0) is 18.7. The molecule has 1 saturated heterocycles. The van der Waals surface area contributed by atoms with Crippen molar-refractivity contribution in [2.45, 2.75) is 18.8 Å². The molecule has 1 aliphatic rings. The van der Waals surface area contributed by atoms with Crippen molar-refractivity contribution in [1.82, 2.24) is 9.97 Å². The van der Waals surface area contributed by atoms with E-state index in [9.17, 15) is 23.7 Å². The molecule has 1 aliphatic heterocycles. The number of nitro groups is 1. The van der Waals surface area contributed by atoms with Gasteiger partial charge in [-0.3, -0.25) is 14.9 Å². The number of aldehydes is 1. The molecule has 0 N–H and O–H groups in total. The van der Waals surface area contributed by atoms with Gasteiger partial charge >= 0.3 is 11.6 Å². The fourth-order valence-electron chi connectivity index (χ4n) is 2.59. The number of carbonyl (C=O) groups excluding carboxylic acids is 1. The summed E-state index contributed by atoms with van der Waals surface area (Å²) in [4.78, 5) is 30.6. The van der Waals surface area contributed by atoms with Crippen LogP contribution in [0.4, 0.5) is 20.3 Å². The van der Waals surface area contributed by atoms with Crippen molar-refractivity contribution in [2.75, 3.05) is 18.0 Å². The van der Waals surface area contributed by atoms with Crippen molar-refractivity contribution >= 4 is 17.8 Å². The molecule has 1 fully saturated rings. The zero-order valence-electron chi connectivity index (χ0n) is 13.5. The fraction of sp³-hybridized carbons (Fsp3) is 0.312. The number of rotatable bonds is 5. The molecule has 0 bridgehead atoms. The standard InChI is InChI=1S/C16H14F2N4O4/c17-16(18)5-7-21(8-6-16)14-13(22(24)25)15(20-10-19-14)26-12-3-1-11(9-23)2-4-12/h1-4,9-10H,5-8H2. The maximum absolute atomic E-state index is 13.3. The Kier molecular flexibility index (Phi) is 4.74. The van der Waals surface area contributed by atoms with E-state index in [2.05, 4.69) is 9.97 Å². The third-order valence-electron chi connectivity index (χ3n) is 3.98. The highest BCUT2D eigenvalue weighted by Gasteiger charge is 2.37. The molecule has 0 saturated carbocycles. The quantitative estimate of drug-likeness (QED) is 0.456. The number of hydrogen-bond donors (Lipinski definition) is 0. The Labute approximate surface area is 146 Å². The smallest absolute Gasteiger partial charge is 0.373 e. The minimum Gasteiger partial charge on any atom is -0.434 e. The van der Waals surface area contributed by atoms with E-state index in [1.807, 2.05) is 0 Å². The number of hydrogen-bond acceptors (Lipinski definition) is 7. The highest BCUT2D eigenvalue weighted by Crippen LogP contribution is 2.38. The van der Waals surface area contributed by atoms with Gasteiger partial charge in [0.15, 0.2) is 0 Å². The molecule has 1 aromatic carbocycles. The van der Waals surface area contributed by atoms with E-state index >= 15 is 0 Å². The van der Waals surface area contributed by atoms with Gasteiger partial charge in [-0.25, -0.2) is 13.8 Å². The summed E-state index contributed by atoms with van der Waals surface area (Å²) in [6, 6.07) is 5.92. The molecular weight excluding hydrogens is 350 g/mol. The molecule has 1 aromatic heterocycles. The summed E-state index contributed by atoms with van der Waals surface area (Å²) in [5, 5.41) is 11.5. The lowest BCUT2D eigenvalue weighted by atomic mass is 10.1. The molecule has 0 aliphatic carbocycles. The van der Waals surface area contributed by atoms with Crippen LogP contribution >= 0.6 is 0 Å². The summed E-state index contributed by atoms with van der Waals surface area (Å²) < 4.78 is 32.1. The van der Waals surface area contributed by atoms with Crippen LogP contribution in [0.1, 0.15) is 23.2 Å². The lowest BCUT2D eigenvalue weighted by Crippen LogP contribution is -2.40. The van der Waals surface area contributed by atoms with Crippen molar-refractivity contribution in [3.63, 3.8) is 0 Å². The van der Waals surface area contributed by atoms with E-state index in [0.29, 0.717) is 11.8 Å². The maximum Gasteiger partial charge on any atom is 0.373 e. The van der Waals surface area contributed by atoms with Crippen LogP contribution in [-0.4, -0.2) is 40.2 Å². The Bertz CT molecular complexity index is 819. The molecule has 0 amide bonds. The molecule has 8 nitrogen and oxygen atoms in total. The number of alkyl halides is 2. The number of nitrogens with zero attached hydrogens (tertiary/aromatic N) is 4. The fourth-order valence-corrected chi connectivity index (χ4v) is 2.59. The third kappa shape index (κ3) is 3.73. The summed E-state index contributed by atoms with van der Waals surface area (Å²) in [7, 11) is 0. The summed E-state index contributed by atoms with van der Waals surface area (Å²) in [6.45, 7) is -0.114. The number of aromatic nitrogens is 2. The van der Waals surface area contributed by atoms with Gasteiger partial charge in [0.2, 0.25) is 5.82 Å². The van der Waals surface area contributed by atoms with Gasteiger partial charge in [0.25, 0.3) is 5.92 Å². The van der Waals surface area contributed by atoms with Gasteiger partial charge in [0.1, 0.15) is 18.4 Å². The SMILES string of the molecule is O=Cc1ccc(Oc2ncnc(N3CCC(F)(F)CC3)c2[N+](=O)[O-])cc1. The number of ether oxygens (including phenoxy) is 1. The van der Waals surface area contributed by atoms with Gasteiger partial charge in [-0.1, -0.05) is 0 Å². The molecule has 2 aromatic rings. The lowest BCUT2D eigenvalue weighted by Gasteiger charge is -2.32. The molecular formula is C16H14F2N4O4. The summed E-state index contributed by atoms with van der Waals surface area (Å²) >= 11 is 0. The van der Waals surface area contributed by atoms with Crippen molar-refractivity contribution in [3.05, 3.63) is 46.3 Å². The van der Waals surface area contributed by atoms with E-state index in [-0.39, 0.29) is 30.5 Å². The van der Waals surface area contributed by atoms with Crippen LogP contribution in [0.25, 0.3) is 0 Å². The second-order valence-electron chi connectivity index (χ2n) is 5.74. The van der Waals surface area contributed by atoms with Crippen LogP contribution < -0.4 is 9.64 Å². The molecule has 0 radical (unpaired) electrons. The normalized spacial score (nSPS) is 16.2. The highest BCUT2D eigenvalue weighted by molar-refractivity contribution is 5.75. The molecule has 10 heteroatoms. The Hall–Kier alpha value is -3.17. The molecule has 26 heavy (non-hydrogen) atoms. The second-order valence-corrected chi connectivity index (χ2v) is 5.74. The van der Waals surface area contributed by atoms with Gasteiger partial charge in [-0.15, -0.1) is 0 Å². The van der Waals surface area contributed by atoms with Gasteiger partial charge in [0, 0.05) is 31.5 Å². The van der Waals surface area contributed by atoms with E-state index in [4.69, 9.17) is 4.74 Å². The molecule has 0 atom stereocenters. The van der Waals surface area contributed by atoms with Crippen LogP contribution in [0.2, 0.25) is 0 Å². The number of piperidine rings is 1. The lowest BCUT2D eigenvalue weighted by molar-refractivity contribution is -0.385.